The van der Waals surface area contributed by atoms with Crippen LogP contribution in [0.4, 0.5) is 17.3 Å². The molecule has 28 heavy (non-hydrogen) atoms. The third-order valence-corrected chi connectivity index (χ3v) is 5.25. The summed E-state index contributed by atoms with van der Waals surface area (Å²) in [7, 11) is 0. The smallest absolute Gasteiger partial charge is 0.256 e. The van der Waals surface area contributed by atoms with Crippen LogP contribution in [0.25, 0.3) is 0 Å². The largest absolute Gasteiger partial charge is 0.368 e. The van der Waals surface area contributed by atoms with Crippen LogP contribution in [0.2, 0.25) is 0 Å². The molecule has 0 aliphatic carbocycles. The van der Waals surface area contributed by atoms with Crippen LogP contribution in [0, 0.1) is 0 Å². The van der Waals surface area contributed by atoms with Crippen molar-refractivity contribution in [3.8, 4) is 0 Å². The SMILES string of the molecule is O=C(Nc1cc(N2CCN(c3ccccc3)CC2)ncn1)c1ccc(Br)cc1. The van der Waals surface area contributed by atoms with Gasteiger partial charge < -0.3 is 15.1 Å². The molecule has 0 bridgehead atoms. The molecule has 0 spiro atoms. The van der Waals surface area contributed by atoms with Crippen molar-refractivity contribution in [3.05, 3.63) is 77.0 Å². The number of benzene rings is 2. The van der Waals surface area contributed by atoms with E-state index in [9.17, 15) is 4.79 Å². The first kappa shape index (κ1) is 18.4. The summed E-state index contributed by atoms with van der Waals surface area (Å²) in [4.78, 5) is 25.6. The van der Waals surface area contributed by atoms with Gasteiger partial charge in [-0.3, -0.25) is 4.79 Å². The fraction of sp³-hybridized carbons (Fsp3) is 0.190. The Kier molecular flexibility index (Phi) is 5.53. The predicted octanol–water partition coefficient (Wildman–Crippen LogP) is 3.82. The van der Waals surface area contributed by atoms with Gasteiger partial charge in [-0.2, -0.15) is 0 Å². The van der Waals surface area contributed by atoms with E-state index in [1.807, 2.05) is 24.3 Å². The van der Waals surface area contributed by atoms with Crippen molar-refractivity contribution in [2.24, 2.45) is 0 Å². The maximum Gasteiger partial charge on any atom is 0.256 e. The Hall–Kier alpha value is -2.93. The van der Waals surface area contributed by atoms with Crippen molar-refractivity contribution in [2.75, 3.05) is 41.3 Å². The lowest BCUT2D eigenvalue weighted by atomic mass is 10.2. The van der Waals surface area contributed by atoms with E-state index < -0.39 is 0 Å². The number of halogens is 1. The molecule has 3 aromatic rings. The molecule has 1 amide bonds. The monoisotopic (exact) mass is 437 g/mol. The second-order valence-corrected chi connectivity index (χ2v) is 7.45. The van der Waals surface area contributed by atoms with Crippen LogP contribution < -0.4 is 15.1 Å². The standard InChI is InChI=1S/C21H20BrN5O/c22-17-8-6-16(7-9-17)21(28)25-19-14-20(24-15-23-19)27-12-10-26(11-13-27)18-4-2-1-3-5-18/h1-9,14-15H,10-13H2,(H,23,24,25,28). The number of hydrogen-bond donors (Lipinski definition) is 1. The topological polar surface area (TPSA) is 61.4 Å². The van der Waals surface area contributed by atoms with E-state index in [1.165, 1.54) is 12.0 Å². The molecule has 1 saturated heterocycles. The highest BCUT2D eigenvalue weighted by Gasteiger charge is 2.19. The molecule has 2 aromatic carbocycles. The number of piperazine rings is 1. The molecule has 0 radical (unpaired) electrons. The van der Waals surface area contributed by atoms with Crippen LogP contribution in [0.3, 0.4) is 0 Å². The van der Waals surface area contributed by atoms with E-state index in [0.29, 0.717) is 11.4 Å². The van der Waals surface area contributed by atoms with Gasteiger partial charge in [0.1, 0.15) is 18.0 Å². The summed E-state index contributed by atoms with van der Waals surface area (Å²) < 4.78 is 0.933. The van der Waals surface area contributed by atoms with Gasteiger partial charge in [-0.25, -0.2) is 9.97 Å². The maximum atomic E-state index is 12.4. The molecule has 1 aromatic heterocycles. The first-order valence-corrected chi connectivity index (χ1v) is 9.92. The summed E-state index contributed by atoms with van der Waals surface area (Å²) in [5.41, 5.74) is 1.83. The maximum absolute atomic E-state index is 12.4. The highest BCUT2D eigenvalue weighted by Crippen LogP contribution is 2.20. The molecule has 0 atom stereocenters. The molecule has 1 fully saturated rings. The first-order chi connectivity index (χ1) is 13.7. The van der Waals surface area contributed by atoms with Crippen LogP contribution in [0.5, 0.6) is 0 Å². The summed E-state index contributed by atoms with van der Waals surface area (Å²) in [5, 5.41) is 2.85. The summed E-state index contributed by atoms with van der Waals surface area (Å²) in [6.07, 6.45) is 1.50. The fourth-order valence-electron chi connectivity index (χ4n) is 3.21. The number of carbonyl (C=O) groups excluding carboxylic acids is 1. The first-order valence-electron chi connectivity index (χ1n) is 9.13. The Morgan fingerprint density at radius 3 is 2.29 bits per heavy atom. The number of rotatable bonds is 4. The average Bonchev–Trinajstić information content (AvgIpc) is 2.75. The molecule has 7 heteroatoms. The van der Waals surface area contributed by atoms with Gasteiger partial charge in [0, 0.05) is 48.0 Å². The van der Waals surface area contributed by atoms with Gasteiger partial charge >= 0.3 is 0 Å². The Morgan fingerprint density at radius 1 is 0.893 bits per heavy atom. The Morgan fingerprint density at radius 2 is 1.57 bits per heavy atom. The molecular weight excluding hydrogens is 418 g/mol. The number of nitrogens with zero attached hydrogens (tertiary/aromatic N) is 4. The second kappa shape index (κ2) is 8.39. The van der Waals surface area contributed by atoms with Crippen molar-refractivity contribution in [1.82, 2.24) is 9.97 Å². The second-order valence-electron chi connectivity index (χ2n) is 6.53. The zero-order valence-corrected chi connectivity index (χ0v) is 16.8. The molecule has 1 N–H and O–H groups in total. The van der Waals surface area contributed by atoms with Crippen molar-refractivity contribution in [1.29, 1.82) is 0 Å². The quantitative estimate of drug-likeness (QED) is 0.671. The zero-order valence-electron chi connectivity index (χ0n) is 15.3. The minimum Gasteiger partial charge on any atom is -0.368 e. The zero-order chi connectivity index (χ0) is 19.3. The van der Waals surface area contributed by atoms with E-state index >= 15 is 0 Å². The van der Waals surface area contributed by atoms with E-state index in [0.717, 1.165) is 36.5 Å². The summed E-state index contributed by atoms with van der Waals surface area (Å²) >= 11 is 3.37. The van der Waals surface area contributed by atoms with Gasteiger partial charge in [0.05, 0.1) is 0 Å². The summed E-state index contributed by atoms with van der Waals surface area (Å²) in [6, 6.07) is 19.5. The molecular formula is C21H20BrN5O. The highest BCUT2D eigenvalue weighted by atomic mass is 79.9. The van der Waals surface area contributed by atoms with Crippen LogP contribution in [-0.4, -0.2) is 42.1 Å². The molecule has 1 aliphatic rings. The van der Waals surface area contributed by atoms with E-state index in [4.69, 9.17) is 0 Å². The van der Waals surface area contributed by atoms with Crippen LogP contribution >= 0.6 is 15.9 Å². The molecule has 2 heterocycles. The highest BCUT2D eigenvalue weighted by molar-refractivity contribution is 9.10. The lowest BCUT2D eigenvalue weighted by Gasteiger charge is -2.36. The summed E-state index contributed by atoms with van der Waals surface area (Å²) in [5.74, 6) is 1.14. The van der Waals surface area contributed by atoms with Crippen molar-refractivity contribution >= 4 is 39.2 Å². The number of aromatic nitrogens is 2. The molecule has 4 rings (SSSR count). The molecule has 0 saturated carbocycles. The van der Waals surface area contributed by atoms with Gasteiger partial charge in [-0.1, -0.05) is 34.1 Å². The van der Waals surface area contributed by atoms with Crippen molar-refractivity contribution < 1.29 is 4.79 Å². The normalized spacial score (nSPS) is 14.0. The molecule has 0 unspecified atom stereocenters. The van der Waals surface area contributed by atoms with Gasteiger partial charge in [0.15, 0.2) is 0 Å². The average molecular weight is 438 g/mol. The summed E-state index contributed by atoms with van der Waals surface area (Å²) in [6.45, 7) is 3.58. The lowest BCUT2D eigenvalue weighted by Crippen LogP contribution is -2.46. The van der Waals surface area contributed by atoms with Crippen LogP contribution in [0.1, 0.15) is 10.4 Å². The molecule has 1 aliphatic heterocycles. The number of amides is 1. The van der Waals surface area contributed by atoms with Crippen molar-refractivity contribution in [3.63, 3.8) is 0 Å². The third-order valence-electron chi connectivity index (χ3n) is 4.73. The van der Waals surface area contributed by atoms with Gasteiger partial charge in [-0.15, -0.1) is 0 Å². The predicted molar refractivity (Wildman–Crippen MR) is 115 cm³/mol. The Labute approximate surface area is 172 Å². The number of nitrogens with one attached hydrogen (secondary N) is 1. The van der Waals surface area contributed by atoms with Gasteiger partial charge in [-0.05, 0) is 36.4 Å². The van der Waals surface area contributed by atoms with Gasteiger partial charge in [0.25, 0.3) is 5.91 Å². The minimum atomic E-state index is -0.189. The van der Waals surface area contributed by atoms with E-state index in [-0.39, 0.29) is 5.91 Å². The number of hydrogen-bond acceptors (Lipinski definition) is 5. The van der Waals surface area contributed by atoms with Crippen LogP contribution in [-0.2, 0) is 0 Å². The Balaban J connectivity index is 1.40. The third kappa shape index (κ3) is 4.31. The Bertz CT molecular complexity index is 941. The molecule has 6 nitrogen and oxygen atoms in total. The van der Waals surface area contributed by atoms with E-state index in [1.54, 1.807) is 12.1 Å². The van der Waals surface area contributed by atoms with Gasteiger partial charge in [0.2, 0.25) is 0 Å². The number of para-hydroxylation sites is 1. The number of anilines is 3. The van der Waals surface area contributed by atoms with E-state index in [2.05, 4.69) is 65.3 Å². The van der Waals surface area contributed by atoms with Crippen LogP contribution in [0.15, 0.2) is 71.5 Å². The fourth-order valence-corrected chi connectivity index (χ4v) is 3.47. The molecule has 142 valence electrons. The lowest BCUT2D eigenvalue weighted by molar-refractivity contribution is 0.102. The number of carbonyl (C=O) groups is 1. The van der Waals surface area contributed by atoms with Crippen molar-refractivity contribution in [2.45, 2.75) is 0 Å². The minimum absolute atomic E-state index is 0.189.